The molecule has 0 saturated carbocycles. The predicted octanol–water partition coefficient (Wildman–Crippen LogP) is -1.56. The Morgan fingerprint density at radius 1 is 1.07 bits per heavy atom. The number of carbonyl (C=O) groups excluding carboxylic acids is 2. The van der Waals surface area contributed by atoms with Crippen LogP contribution in [0, 0.1) is 24.1 Å². The smallest absolute Gasteiger partial charge is 0.338 e. The van der Waals surface area contributed by atoms with Crippen molar-refractivity contribution in [1.29, 1.82) is 0 Å². The van der Waals surface area contributed by atoms with Crippen molar-refractivity contribution in [2.24, 2.45) is 0 Å². The van der Waals surface area contributed by atoms with Gasteiger partial charge in [-0.05, 0) is 63.4 Å². The number of halogens is 1. The van der Waals surface area contributed by atoms with Gasteiger partial charge < -0.3 is 15.4 Å². The summed E-state index contributed by atoms with van der Waals surface area (Å²) in [5.41, 5.74) is 2.98. The monoisotopic (exact) mass is 419 g/mol. The molecule has 0 spiro atoms. The van der Waals surface area contributed by atoms with Gasteiger partial charge in [0.2, 0.25) is 5.91 Å². The van der Waals surface area contributed by atoms with Crippen LogP contribution < -0.4 is 29.3 Å². The average molecular weight is 420 g/mol. The molecule has 0 radical (unpaired) electrons. The van der Waals surface area contributed by atoms with Crippen molar-refractivity contribution in [3.8, 4) is 0 Å². The van der Waals surface area contributed by atoms with Gasteiger partial charge in [0.25, 0.3) is 0 Å². The van der Waals surface area contributed by atoms with E-state index in [1.807, 2.05) is 27.7 Å². The fraction of sp³-hybridized carbons (Fsp3) is 0.556. The zero-order chi connectivity index (χ0) is 21.9. The Morgan fingerprint density at radius 3 is 2.00 bits per heavy atom. The Balaban J connectivity index is 0.00000129. The van der Waals surface area contributed by atoms with E-state index in [4.69, 9.17) is 23.4 Å². The van der Waals surface area contributed by atoms with Gasteiger partial charge in [0.05, 0.1) is 18.2 Å². The minimum atomic E-state index is -4.94. The van der Waals surface area contributed by atoms with Gasteiger partial charge in [-0.2, -0.15) is 0 Å². The third-order valence-electron chi connectivity index (χ3n) is 3.55. The molecule has 9 nitrogen and oxygen atoms in total. The topological polar surface area (TPSA) is 160 Å². The van der Waals surface area contributed by atoms with Crippen LogP contribution in [0.2, 0.25) is 0 Å². The highest BCUT2D eigenvalue weighted by molar-refractivity contribution is 5.97. The summed E-state index contributed by atoms with van der Waals surface area (Å²) in [5.74, 6) is -0.403. The number of aryl methyl sites for hydroxylation is 2. The normalized spacial score (nSPS) is 11.9. The number of amides is 1. The van der Waals surface area contributed by atoms with Crippen LogP contribution in [0.5, 0.6) is 0 Å². The van der Waals surface area contributed by atoms with E-state index in [0.717, 1.165) is 36.2 Å². The van der Waals surface area contributed by atoms with Crippen LogP contribution in [0.3, 0.4) is 0 Å². The highest BCUT2D eigenvalue weighted by Gasteiger charge is 2.16. The second-order valence-corrected chi connectivity index (χ2v) is 6.92. The van der Waals surface area contributed by atoms with Crippen LogP contribution in [-0.2, 0) is 9.53 Å². The first-order valence-corrected chi connectivity index (χ1v) is 10.1. The molecule has 0 aliphatic heterocycles. The van der Waals surface area contributed by atoms with Gasteiger partial charge in [-0.15, -0.1) is 10.2 Å². The van der Waals surface area contributed by atoms with Gasteiger partial charge in [0, 0.05) is 5.69 Å². The van der Waals surface area contributed by atoms with Crippen LogP contribution in [-0.4, -0.2) is 31.1 Å². The second-order valence-electron chi connectivity index (χ2n) is 6.16. The molecule has 10 heteroatoms. The van der Waals surface area contributed by atoms with Crippen molar-refractivity contribution in [2.75, 3.05) is 18.5 Å². The summed E-state index contributed by atoms with van der Waals surface area (Å²) in [4.78, 5) is 24.2. The van der Waals surface area contributed by atoms with Gasteiger partial charge in [-0.25, -0.2) is 23.4 Å². The molecule has 1 amide bonds. The Morgan fingerprint density at radius 2 is 1.57 bits per heavy atom. The molecule has 0 aromatic heterocycles. The summed E-state index contributed by atoms with van der Waals surface area (Å²) in [6.45, 7) is 10.8. The molecule has 1 aromatic rings. The van der Waals surface area contributed by atoms with Crippen LogP contribution >= 0.6 is 0 Å². The van der Waals surface area contributed by atoms with Crippen LogP contribution in [0.25, 0.3) is 0 Å². The molecule has 0 fully saturated rings. The van der Waals surface area contributed by atoms with E-state index in [1.165, 1.54) is 0 Å². The number of anilines is 1. The number of carbonyl (C=O) groups is 2. The van der Waals surface area contributed by atoms with Crippen molar-refractivity contribution >= 4 is 17.6 Å². The minimum absolute atomic E-state index is 0.0778. The fourth-order valence-electron chi connectivity index (χ4n) is 2.24. The standard InChI is InChI=1S/C18H28N2O3.ClHO4/c1-6-8-19-14(5)17(21)20-16-12(3)10-15(11-13(16)4)18(22)23-9-7-2;2-1(3,4)5/h10-11,14,19H,6-9H2,1-5H3,(H,20,21);(H,2,3,4,5)/p-1. The molecule has 0 bridgehead atoms. The maximum atomic E-state index is 12.2. The van der Waals surface area contributed by atoms with Crippen molar-refractivity contribution in [1.82, 2.24) is 5.32 Å². The molecule has 28 heavy (non-hydrogen) atoms. The molecule has 2 N–H and O–H groups in total. The summed E-state index contributed by atoms with van der Waals surface area (Å²) >= 11 is 0. The van der Waals surface area contributed by atoms with Crippen molar-refractivity contribution < 1.29 is 43.2 Å². The molecule has 1 atom stereocenters. The lowest BCUT2D eigenvalue weighted by Gasteiger charge is -2.17. The molecule has 0 saturated heterocycles. The first kappa shape index (κ1) is 26.2. The molecule has 0 aliphatic carbocycles. The quantitative estimate of drug-likeness (QED) is 0.478. The molecule has 0 heterocycles. The summed E-state index contributed by atoms with van der Waals surface area (Å²) in [7, 11) is -4.94. The molecular formula is C18H28ClN2O7-. The van der Waals surface area contributed by atoms with E-state index in [0.29, 0.717) is 12.2 Å². The lowest BCUT2D eigenvalue weighted by Crippen LogP contribution is -2.68. The zero-order valence-corrected chi connectivity index (χ0v) is 17.6. The molecule has 1 unspecified atom stereocenters. The van der Waals surface area contributed by atoms with Crippen molar-refractivity contribution in [3.05, 3.63) is 28.8 Å². The average Bonchev–Trinajstić information content (AvgIpc) is 2.58. The summed E-state index contributed by atoms with van der Waals surface area (Å²) < 4.78 is 39.1. The summed E-state index contributed by atoms with van der Waals surface area (Å²) in [6.07, 6.45) is 1.77. The number of hydrogen-bond donors (Lipinski definition) is 2. The predicted molar refractivity (Wildman–Crippen MR) is 92.9 cm³/mol. The van der Waals surface area contributed by atoms with Gasteiger partial charge in [-0.3, -0.25) is 4.79 Å². The Labute approximate surface area is 167 Å². The number of esters is 1. The molecule has 0 aliphatic rings. The molecule has 160 valence electrons. The molecule has 1 aromatic carbocycles. The first-order chi connectivity index (χ1) is 12.9. The third kappa shape index (κ3) is 11.2. The van der Waals surface area contributed by atoms with Crippen LogP contribution in [0.15, 0.2) is 12.1 Å². The van der Waals surface area contributed by atoms with Crippen molar-refractivity contribution in [2.45, 2.75) is 53.5 Å². The lowest BCUT2D eigenvalue weighted by molar-refractivity contribution is -2.00. The minimum Gasteiger partial charge on any atom is -0.462 e. The summed E-state index contributed by atoms with van der Waals surface area (Å²) in [6, 6.07) is 3.25. The fourth-order valence-corrected chi connectivity index (χ4v) is 2.24. The number of rotatable bonds is 8. The lowest BCUT2D eigenvalue weighted by atomic mass is 10.0. The van der Waals surface area contributed by atoms with Crippen LogP contribution in [0.4, 0.5) is 5.69 Å². The Hall–Kier alpha value is -1.75. The number of benzene rings is 1. The van der Waals surface area contributed by atoms with Crippen LogP contribution in [0.1, 0.15) is 55.1 Å². The SMILES string of the molecule is CCCNC(C)C(=O)Nc1c(C)cc(C(=O)OCCC)cc1C.[O-][Cl+3]([O-])([O-])[O-]. The van der Waals surface area contributed by atoms with E-state index in [-0.39, 0.29) is 17.9 Å². The highest BCUT2D eigenvalue weighted by atomic mass is 35.7. The Bertz CT molecular complexity index is 618. The van der Waals surface area contributed by atoms with Gasteiger partial charge in [0.1, 0.15) is 0 Å². The third-order valence-corrected chi connectivity index (χ3v) is 3.55. The van der Waals surface area contributed by atoms with E-state index < -0.39 is 10.2 Å². The number of hydrogen-bond acceptors (Lipinski definition) is 8. The van der Waals surface area contributed by atoms with Gasteiger partial charge in [-0.1, -0.05) is 13.8 Å². The largest absolute Gasteiger partial charge is 0.462 e. The van der Waals surface area contributed by atoms with E-state index >= 15 is 0 Å². The Kier molecular flexibility index (Phi) is 11.9. The number of nitrogens with one attached hydrogen (secondary N) is 2. The zero-order valence-electron chi connectivity index (χ0n) is 16.8. The van der Waals surface area contributed by atoms with Gasteiger partial charge in [0.15, 0.2) is 0 Å². The highest BCUT2D eigenvalue weighted by Crippen LogP contribution is 2.23. The second kappa shape index (κ2) is 12.7. The molecular weight excluding hydrogens is 392 g/mol. The first-order valence-electron chi connectivity index (χ1n) is 8.85. The van der Waals surface area contributed by atoms with E-state index in [1.54, 1.807) is 12.1 Å². The maximum absolute atomic E-state index is 12.2. The van der Waals surface area contributed by atoms with E-state index in [9.17, 15) is 9.59 Å². The number of ether oxygens (including phenoxy) is 1. The van der Waals surface area contributed by atoms with Gasteiger partial charge >= 0.3 is 5.97 Å². The van der Waals surface area contributed by atoms with E-state index in [2.05, 4.69) is 17.6 Å². The maximum Gasteiger partial charge on any atom is 0.338 e. The van der Waals surface area contributed by atoms with Crippen molar-refractivity contribution in [3.63, 3.8) is 0 Å². The molecule has 1 rings (SSSR count). The summed E-state index contributed by atoms with van der Waals surface area (Å²) in [5, 5.41) is 6.10.